The molecule has 4 amide bonds. The van der Waals surface area contributed by atoms with Crippen molar-refractivity contribution < 1.29 is 57.1 Å². The SMILES string of the molecule is O=C(c1c(C(=O)N(CC2CO2)CC2CO2)c(C(=O)N(CC2CO2)CC2CO2)c2ccccc2c1C(=O)N(CC1CO1)CC1CO1)N(CC1CO1)CC1CO1. The standard InChI is InChI=1S/C38H44N4O12/c43-35(39(5-21-13-47-21)6-22-14-48-22)31-29-3-1-2-4-30(29)32(36(44)40(7-23-15-49-23)8-24-16-50-24)34(38(46)42(11-27-19-53-27)12-28-20-54-28)33(31)37(45)41(9-25-17-51-25)10-26-18-52-26/h1-4,21-28H,5-20H2. The maximum atomic E-state index is 15.5. The molecule has 2 aromatic carbocycles. The van der Waals surface area contributed by atoms with Crippen LogP contribution in [-0.2, 0) is 37.9 Å². The van der Waals surface area contributed by atoms with Gasteiger partial charge in [-0.1, -0.05) is 24.3 Å². The predicted octanol–water partition coefficient (Wildman–Crippen LogP) is -0.201. The molecule has 8 saturated heterocycles. The Kier molecular flexibility index (Phi) is 9.06. The second kappa shape index (κ2) is 14.1. The van der Waals surface area contributed by atoms with E-state index in [4.69, 9.17) is 37.9 Å². The van der Waals surface area contributed by atoms with Crippen LogP contribution in [-0.4, -0.2) is 197 Å². The minimum atomic E-state index is -0.536. The van der Waals surface area contributed by atoms with E-state index in [-0.39, 0.29) is 97.3 Å². The average molecular weight is 749 g/mol. The molecule has 0 radical (unpaired) electrons. The minimum Gasteiger partial charge on any atom is -0.371 e. The lowest BCUT2D eigenvalue weighted by atomic mass is 9.85. The summed E-state index contributed by atoms with van der Waals surface area (Å²) >= 11 is 0. The first-order chi connectivity index (χ1) is 26.4. The molecule has 0 bridgehead atoms. The highest BCUT2D eigenvalue weighted by molar-refractivity contribution is 6.27. The summed E-state index contributed by atoms with van der Waals surface area (Å²) in [6.07, 6.45) is -1.34. The predicted molar refractivity (Wildman–Crippen MR) is 185 cm³/mol. The van der Waals surface area contributed by atoms with Gasteiger partial charge in [0.2, 0.25) is 0 Å². The van der Waals surface area contributed by atoms with Gasteiger partial charge in [-0.3, -0.25) is 19.2 Å². The first-order valence-electron chi connectivity index (χ1n) is 19.0. The molecule has 16 nitrogen and oxygen atoms in total. The summed E-state index contributed by atoms with van der Waals surface area (Å²) in [4.78, 5) is 68.0. The van der Waals surface area contributed by atoms with Gasteiger partial charge in [-0.15, -0.1) is 0 Å². The van der Waals surface area contributed by atoms with Crippen molar-refractivity contribution in [2.75, 3.05) is 105 Å². The van der Waals surface area contributed by atoms with E-state index >= 15 is 19.2 Å². The molecule has 2 aromatic rings. The number of fused-ring (bicyclic) bond motifs is 1. The first kappa shape index (κ1) is 34.7. The Morgan fingerprint density at radius 1 is 0.370 bits per heavy atom. The van der Waals surface area contributed by atoms with Gasteiger partial charge in [-0.25, -0.2) is 0 Å². The smallest absolute Gasteiger partial charge is 0.255 e. The van der Waals surface area contributed by atoms with Crippen LogP contribution in [0.5, 0.6) is 0 Å². The molecule has 8 atom stereocenters. The summed E-state index contributed by atoms with van der Waals surface area (Å²) in [5.41, 5.74) is -0.0581. The van der Waals surface area contributed by atoms with Gasteiger partial charge in [-0.2, -0.15) is 0 Å². The normalized spacial score (nSPS) is 30.3. The van der Waals surface area contributed by atoms with E-state index in [9.17, 15) is 0 Å². The zero-order valence-corrected chi connectivity index (χ0v) is 29.9. The number of rotatable bonds is 20. The van der Waals surface area contributed by atoms with Crippen LogP contribution in [0.1, 0.15) is 41.4 Å². The Labute approximate surface area is 311 Å². The van der Waals surface area contributed by atoms with Gasteiger partial charge in [0.1, 0.15) is 0 Å². The van der Waals surface area contributed by atoms with Crippen molar-refractivity contribution in [2.45, 2.75) is 48.8 Å². The number of amides is 4. The van der Waals surface area contributed by atoms with E-state index in [1.54, 1.807) is 43.9 Å². The molecule has 0 saturated carbocycles. The van der Waals surface area contributed by atoms with Gasteiger partial charge in [0, 0.05) is 52.4 Å². The van der Waals surface area contributed by atoms with Crippen LogP contribution in [0.15, 0.2) is 24.3 Å². The number of carbonyl (C=O) groups excluding carboxylic acids is 4. The van der Waals surface area contributed by atoms with E-state index in [1.165, 1.54) is 0 Å². The first-order valence-corrected chi connectivity index (χ1v) is 19.0. The van der Waals surface area contributed by atoms with Crippen molar-refractivity contribution in [1.29, 1.82) is 0 Å². The number of epoxide rings is 8. The molecule has 54 heavy (non-hydrogen) atoms. The molecule has 8 aliphatic rings. The summed E-state index contributed by atoms with van der Waals surface area (Å²) in [6, 6.07) is 7.08. The van der Waals surface area contributed by atoms with Gasteiger partial charge < -0.3 is 57.5 Å². The summed E-state index contributed by atoms with van der Waals surface area (Å²) in [6.45, 7) is 6.16. The fourth-order valence-electron chi connectivity index (χ4n) is 7.26. The van der Waals surface area contributed by atoms with Gasteiger partial charge in [0.25, 0.3) is 23.6 Å². The quantitative estimate of drug-likeness (QED) is 0.163. The molecule has 0 aliphatic carbocycles. The molecule has 8 fully saturated rings. The number of hydrogen-bond acceptors (Lipinski definition) is 12. The number of nitrogens with zero attached hydrogens (tertiary/aromatic N) is 4. The van der Waals surface area contributed by atoms with E-state index in [1.807, 2.05) is 0 Å². The maximum Gasteiger partial charge on any atom is 0.255 e. The van der Waals surface area contributed by atoms with Crippen LogP contribution in [0.25, 0.3) is 10.8 Å². The van der Waals surface area contributed by atoms with E-state index in [0.29, 0.717) is 89.8 Å². The van der Waals surface area contributed by atoms with Crippen LogP contribution in [0.4, 0.5) is 0 Å². The van der Waals surface area contributed by atoms with Crippen molar-refractivity contribution in [3.63, 3.8) is 0 Å². The molecule has 288 valence electrons. The lowest BCUT2D eigenvalue weighted by molar-refractivity contribution is 0.0664. The molecule has 10 rings (SSSR count). The summed E-state index contributed by atoms with van der Waals surface area (Å²) < 4.78 is 44.6. The fraction of sp³-hybridized carbons (Fsp3) is 0.632. The van der Waals surface area contributed by atoms with Gasteiger partial charge >= 0.3 is 0 Å². The third kappa shape index (κ3) is 8.11. The van der Waals surface area contributed by atoms with Crippen molar-refractivity contribution in [2.24, 2.45) is 0 Å². The average Bonchev–Trinajstić information content (AvgIpc) is 3.96. The van der Waals surface area contributed by atoms with Crippen LogP contribution in [0, 0.1) is 0 Å². The molecule has 0 spiro atoms. The summed E-state index contributed by atoms with van der Waals surface area (Å²) in [7, 11) is 0. The number of hydrogen-bond donors (Lipinski definition) is 0. The number of ether oxygens (including phenoxy) is 8. The highest BCUT2D eigenvalue weighted by atomic mass is 16.6. The van der Waals surface area contributed by atoms with Gasteiger partial charge in [0.15, 0.2) is 0 Å². The molecule has 0 N–H and O–H groups in total. The second-order valence-electron chi connectivity index (χ2n) is 15.5. The van der Waals surface area contributed by atoms with Crippen LogP contribution >= 0.6 is 0 Å². The highest BCUT2D eigenvalue weighted by Crippen LogP contribution is 2.37. The summed E-state index contributed by atoms with van der Waals surface area (Å²) in [5.74, 6) is -1.94. The minimum absolute atomic E-state index is 0.0723. The molecule has 0 aromatic heterocycles. The Morgan fingerprint density at radius 3 is 0.741 bits per heavy atom. The molecule has 8 heterocycles. The van der Waals surface area contributed by atoms with Crippen molar-refractivity contribution in [3.8, 4) is 0 Å². The third-order valence-electron chi connectivity index (χ3n) is 10.8. The van der Waals surface area contributed by atoms with Crippen molar-refractivity contribution >= 4 is 34.4 Å². The zero-order valence-electron chi connectivity index (χ0n) is 29.9. The molecule has 8 unspecified atom stereocenters. The Balaban J connectivity index is 1.19. The van der Waals surface area contributed by atoms with E-state index in [2.05, 4.69) is 0 Å². The van der Waals surface area contributed by atoms with Gasteiger partial charge in [-0.05, 0) is 10.8 Å². The molecule has 8 aliphatic heterocycles. The monoisotopic (exact) mass is 748 g/mol. The molecule has 16 heteroatoms. The Bertz CT molecular complexity index is 1640. The van der Waals surface area contributed by atoms with Gasteiger partial charge in [0.05, 0.1) is 124 Å². The van der Waals surface area contributed by atoms with Crippen LogP contribution in [0.2, 0.25) is 0 Å². The lowest BCUT2D eigenvalue weighted by Gasteiger charge is -2.31. The third-order valence-corrected chi connectivity index (χ3v) is 10.8. The maximum absolute atomic E-state index is 15.5. The van der Waals surface area contributed by atoms with Crippen LogP contribution in [0.3, 0.4) is 0 Å². The second-order valence-corrected chi connectivity index (χ2v) is 15.5. The molecular formula is C38H44N4O12. The fourth-order valence-corrected chi connectivity index (χ4v) is 7.26. The van der Waals surface area contributed by atoms with Crippen LogP contribution < -0.4 is 0 Å². The van der Waals surface area contributed by atoms with Crippen molar-refractivity contribution in [3.05, 3.63) is 46.5 Å². The van der Waals surface area contributed by atoms with E-state index in [0.717, 1.165) is 0 Å². The number of benzene rings is 2. The highest BCUT2D eigenvalue weighted by Gasteiger charge is 2.45. The summed E-state index contributed by atoms with van der Waals surface area (Å²) in [5, 5.41) is 0.810. The van der Waals surface area contributed by atoms with E-state index < -0.39 is 23.6 Å². The Morgan fingerprint density at radius 2 is 0.556 bits per heavy atom. The zero-order chi connectivity index (χ0) is 36.5. The molecular weight excluding hydrogens is 704 g/mol. The lowest BCUT2D eigenvalue weighted by Crippen LogP contribution is -2.45. The van der Waals surface area contributed by atoms with Crippen molar-refractivity contribution in [1.82, 2.24) is 19.6 Å². The largest absolute Gasteiger partial charge is 0.371 e. The Hall–Kier alpha value is -3.74. The number of carbonyl (C=O) groups is 4. The topological polar surface area (TPSA) is 181 Å².